The molecule has 0 aromatic carbocycles. The molecule has 0 aromatic rings. The molecule has 98 valence electrons. The van der Waals surface area contributed by atoms with E-state index in [0.717, 1.165) is 0 Å². The minimum atomic E-state index is -1.91. The molecule has 0 aliphatic rings. The first-order valence-corrected chi connectivity index (χ1v) is 4.28. The third-order valence-corrected chi connectivity index (χ3v) is 1.60. The van der Waals surface area contributed by atoms with E-state index in [-0.39, 0.29) is 31.0 Å². The van der Waals surface area contributed by atoms with Gasteiger partial charge in [-0.05, 0) is 0 Å². The van der Waals surface area contributed by atoms with Gasteiger partial charge in [-0.15, -0.1) is 0 Å². The van der Waals surface area contributed by atoms with E-state index in [1.807, 2.05) is 0 Å². The number of rotatable bonds is 8. The Morgan fingerprint density at radius 2 is 1.11 bits per heavy atom. The molecule has 18 heavy (non-hydrogen) atoms. The summed E-state index contributed by atoms with van der Waals surface area (Å²) in [7, 11) is 0. The SMILES string of the molecule is O=C(O)CC(OC(CC(=O)O)C(=O)O)C(=O)O.[H-].[Na+]. The molecule has 0 aliphatic heterocycles. The Kier molecular flexibility index (Phi) is 9.45. The van der Waals surface area contributed by atoms with Crippen LogP contribution in [0.3, 0.4) is 0 Å². The summed E-state index contributed by atoms with van der Waals surface area (Å²) in [5, 5.41) is 33.8. The summed E-state index contributed by atoms with van der Waals surface area (Å²) >= 11 is 0. The third-order valence-electron chi connectivity index (χ3n) is 1.60. The van der Waals surface area contributed by atoms with Gasteiger partial charge in [0.25, 0.3) is 0 Å². The molecule has 0 fully saturated rings. The summed E-state index contributed by atoms with van der Waals surface area (Å²) in [5.41, 5.74) is 0. The summed E-state index contributed by atoms with van der Waals surface area (Å²) in [6.07, 6.45) is -5.74. The van der Waals surface area contributed by atoms with Gasteiger partial charge < -0.3 is 26.6 Å². The molecule has 2 unspecified atom stereocenters. The van der Waals surface area contributed by atoms with Crippen LogP contribution < -0.4 is 29.6 Å². The summed E-state index contributed by atoms with van der Waals surface area (Å²) in [4.78, 5) is 41.7. The predicted molar refractivity (Wildman–Crippen MR) is 49.6 cm³/mol. The van der Waals surface area contributed by atoms with E-state index in [1.54, 1.807) is 0 Å². The molecular formula is C8H11NaO9. The van der Waals surface area contributed by atoms with Gasteiger partial charge in [0.05, 0.1) is 12.8 Å². The maximum atomic E-state index is 10.6. The van der Waals surface area contributed by atoms with Crippen LogP contribution in [0.1, 0.15) is 14.3 Å². The van der Waals surface area contributed by atoms with Crippen molar-refractivity contribution in [1.82, 2.24) is 0 Å². The fourth-order valence-corrected chi connectivity index (χ4v) is 0.903. The molecule has 2 atom stereocenters. The van der Waals surface area contributed by atoms with Crippen LogP contribution in [0, 0.1) is 0 Å². The van der Waals surface area contributed by atoms with Gasteiger partial charge in [0.1, 0.15) is 0 Å². The van der Waals surface area contributed by atoms with Gasteiger partial charge in [-0.2, -0.15) is 0 Å². The van der Waals surface area contributed by atoms with Gasteiger partial charge in [0.2, 0.25) is 0 Å². The van der Waals surface area contributed by atoms with E-state index in [2.05, 4.69) is 4.74 Å². The van der Waals surface area contributed by atoms with Gasteiger partial charge in [0.15, 0.2) is 12.2 Å². The van der Waals surface area contributed by atoms with Crippen molar-refractivity contribution in [1.29, 1.82) is 0 Å². The molecule has 10 heteroatoms. The fourth-order valence-electron chi connectivity index (χ4n) is 0.903. The zero-order valence-corrected chi connectivity index (χ0v) is 11.4. The Morgan fingerprint density at radius 1 is 0.833 bits per heavy atom. The average Bonchev–Trinajstić information content (AvgIpc) is 2.13. The van der Waals surface area contributed by atoms with Crippen LogP contribution in [0.5, 0.6) is 0 Å². The number of carboxylic acids is 4. The normalized spacial score (nSPS) is 12.9. The Balaban J connectivity index is -0.00000128. The van der Waals surface area contributed by atoms with Gasteiger partial charge >= 0.3 is 53.4 Å². The smallest absolute Gasteiger partial charge is 1.00 e. The summed E-state index contributed by atoms with van der Waals surface area (Å²) < 4.78 is 4.43. The van der Waals surface area contributed by atoms with Crippen LogP contribution in [-0.2, 0) is 23.9 Å². The largest absolute Gasteiger partial charge is 1.00 e. The second kappa shape index (κ2) is 8.86. The molecular weight excluding hydrogens is 263 g/mol. The van der Waals surface area contributed by atoms with Crippen LogP contribution in [0.2, 0.25) is 0 Å². The van der Waals surface area contributed by atoms with Crippen LogP contribution in [0.25, 0.3) is 0 Å². The fraction of sp³-hybridized carbons (Fsp3) is 0.500. The molecule has 0 bridgehead atoms. The first-order chi connectivity index (χ1) is 7.73. The molecule has 0 saturated heterocycles. The maximum absolute atomic E-state index is 10.6. The van der Waals surface area contributed by atoms with E-state index in [1.165, 1.54) is 0 Å². The van der Waals surface area contributed by atoms with E-state index in [9.17, 15) is 19.2 Å². The molecule has 0 amide bonds. The Morgan fingerprint density at radius 3 is 1.28 bits per heavy atom. The van der Waals surface area contributed by atoms with E-state index in [4.69, 9.17) is 20.4 Å². The first-order valence-electron chi connectivity index (χ1n) is 4.28. The van der Waals surface area contributed by atoms with Crippen molar-refractivity contribution in [2.75, 3.05) is 0 Å². The second-order valence-corrected chi connectivity index (χ2v) is 2.99. The van der Waals surface area contributed by atoms with E-state index >= 15 is 0 Å². The van der Waals surface area contributed by atoms with Crippen molar-refractivity contribution >= 4 is 23.9 Å². The molecule has 0 saturated carbocycles. The Hall–Kier alpha value is -1.16. The Bertz CT molecular complexity index is 313. The molecule has 0 spiro atoms. The molecule has 0 heterocycles. The van der Waals surface area contributed by atoms with E-state index < -0.39 is 48.9 Å². The number of hydrogen-bond acceptors (Lipinski definition) is 5. The van der Waals surface area contributed by atoms with Crippen molar-refractivity contribution in [2.45, 2.75) is 25.0 Å². The minimum Gasteiger partial charge on any atom is -1.00 e. The van der Waals surface area contributed by atoms with E-state index in [0.29, 0.717) is 0 Å². The number of ether oxygens (including phenoxy) is 1. The Labute approximate surface area is 124 Å². The van der Waals surface area contributed by atoms with Crippen molar-refractivity contribution in [3.63, 3.8) is 0 Å². The van der Waals surface area contributed by atoms with Gasteiger partial charge in [0, 0.05) is 0 Å². The van der Waals surface area contributed by atoms with Crippen LogP contribution in [0.15, 0.2) is 0 Å². The number of hydrogen-bond donors (Lipinski definition) is 4. The molecule has 0 aliphatic carbocycles. The van der Waals surface area contributed by atoms with Crippen LogP contribution in [-0.4, -0.2) is 56.5 Å². The van der Waals surface area contributed by atoms with Crippen LogP contribution in [0.4, 0.5) is 0 Å². The van der Waals surface area contributed by atoms with Crippen molar-refractivity contribution in [3.05, 3.63) is 0 Å². The first kappa shape index (κ1) is 19.2. The summed E-state index contributed by atoms with van der Waals surface area (Å²) in [6.45, 7) is 0. The summed E-state index contributed by atoms with van der Waals surface area (Å²) in [6, 6.07) is 0. The topological polar surface area (TPSA) is 158 Å². The maximum Gasteiger partial charge on any atom is 1.00 e. The number of carboxylic acid groups (broad SMARTS) is 4. The third kappa shape index (κ3) is 8.01. The van der Waals surface area contributed by atoms with Crippen molar-refractivity contribution < 1.29 is 75.3 Å². The van der Waals surface area contributed by atoms with Crippen molar-refractivity contribution in [2.24, 2.45) is 0 Å². The zero-order valence-electron chi connectivity index (χ0n) is 10.4. The van der Waals surface area contributed by atoms with Gasteiger partial charge in [-0.3, -0.25) is 9.59 Å². The van der Waals surface area contributed by atoms with Gasteiger partial charge in [-0.1, -0.05) is 0 Å². The standard InChI is InChI=1S/C8H10O9.Na.H/c9-5(10)1-3(7(13)14)17-4(8(15)16)2-6(11)12;;/h3-4H,1-2H2,(H,9,10)(H,11,12)(H,13,14)(H,15,16);;/q;+1;-1. The minimum absolute atomic E-state index is 0. The monoisotopic (exact) mass is 274 g/mol. The molecule has 9 nitrogen and oxygen atoms in total. The number of carbonyl (C=O) groups is 4. The second-order valence-electron chi connectivity index (χ2n) is 2.99. The molecule has 0 radical (unpaired) electrons. The van der Waals surface area contributed by atoms with Crippen LogP contribution >= 0.6 is 0 Å². The summed E-state index contributed by atoms with van der Waals surface area (Å²) in [5.74, 6) is -6.36. The zero-order chi connectivity index (χ0) is 13.6. The average molecular weight is 274 g/mol. The quantitative estimate of drug-likeness (QED) is 0.323. The predicted octanol–water partition coefficient (Wildman–Crippen LogP) is -4.02. The molecule has 4 N–H and O–H groups in total. The molecule has 0 aromatic heterocycles. The van der Waals surface area contributed by atoms with Gasteiger partial charge in [-0.25, -0.2) is 9.59 Å². The number of aliphatic carboxylic acids is 4. The van der Waals surface area contributed by atoms with Crippen molar-refractivity contribution in [3.8, 4) is 0 Å². The molecule has 0 rings (SSSR count).